The van der Waals surface area contributed by atoms with E-state index in [0.29, 0.717) is 0 Å². The number of aryl methyl sites for hydroxylation is 4. The van der Waals surface area contributed by atoms with E-state index in [1.54, 1.807) is 0 Å². The van der Waals surface area contributed by atoms with Crippen molar-refractivity contribution in [1.29, 1.82) is 0 Å². The van der Waals surface area contributed by atoms with Gasteiger partial charge in [0.2, 0.25) is 0 Å². The van der Waals surface area contributed by atoms with Gasteiger partial charge in [-0.1, -0.05) is 48.5 Å². The van der Waals surface area contributed by atoms with Gasteiger partial charge in [0.1, 0.15) is 0 Å². The lowest BCUT2D eigenvalue weighted by atomic mass is 9.88. The molecule has 0 fully saturated rings. The molecule has 0 amide bonds. The zero-order valence-electron chi connectivity index (χ0n) is 14.6. The maximum Gasteiger partial charge on any atom is 0.0457 e. The molecule has 0 aliphatic carbocycles. The third-order valence-electron chi connectivity index (χ3n) is 4.64. The van der Waals surface area contributed by atoms with E-state index >= 15 is 0 Å². The van der Waals surface area contributed by atoms with Crippen molar-refractivity contribution in [3.05, 3.63) is 76.6 Å². The van der Waals surface area contributed by atoms with Crippen LogP contribution in [-0.4, -0.2) is 4.98 Å². The largest absolute Gasteiger partial charge is 0.257 e. The van der Waals surface area contributed by atoms with Crippen LogP contribution in [0.3, 0.4) is 0 Å². The van der Waals surface area contributed by atoms with Crippen LogP contribution in [0.4, 0.5) is 0 Å². The van der Waals surface area contributed by atoms with Gasteiger partial charge in [0.15, 0.2) is 0 Å². The Bertz CT molecular complexity index is 805. The van der Waals surface area contributed by atoms with Crippen molar-refractivity contribution in [1.82, 2.24) is 4.98 Å². The van der Waals surface area contributed by atoms with Gasteiger partial charge in [-0.15, -0.1) is 0 Å². The average molecular weight is 301 g/mol. The van der Waals surface area contributed by atoms with Crippen molar-refractivity contribution in [2.24, 2.45) is 0 Å². The first kappa shape index (κ1) is 15.5. The molecule has 1 heterocycles. The zero-order valence-corrected chi connectivity index (χ0v) is 14.6. The summed E-state index contributed by atoms with van der Waals surface area (Å²) in [5, 5.41) is 0. The Hall–Kier alpha value is -2.41. The van der Waals surface area contributed by atoms with E-state index in [0.717, 1.165) is 11.4 Å². The summed E-state index contributed by atoms with van der Waals surface area (Å²) in [4.78, 5) is 4.87. The second-order valence-electron chi connectivity index (χ2n) is 6.29. The van der Waals surface area contributed by atoms with E-state index in [1.165, 1.54) is 38.9 Å². The molecular formula is C22H23N. The summed E-state index contributed by atoms with van der Waals surface area (Å²) in [6, 6.07) is 17.1. The molecule has 0 spiro atoms. The Kier molecular flexibility index (Phi) is 4.04. The van der Waals surface area contributed by atoms with Gasteiger partial charge in [0.05, 0.1) is 0 Å². The summed E-state index contributed by atoms with van der Waals surface area (Å²) in [7, 11) is 0. The summed E-state index contributed by atoms with van der Waals surface area (Å²) < 4.78 is 0. The molecule has 0 saturated carbocycles. The van der Waals surface area contributed by atoms with Crippen LogP contribution in [0, 0.1) is 34.6 Å². The Morgan fingerprint density at radius 2 is 0.957 bits per heavy atom. The first-order chi connectivity index (χ1) is 11.0. The van der Waals surface area contributed by atoms with Gasteiger partial charge >= 0.3 is 0 Å². The molecule has 0 bridgehead atoms. The van der Waals surface area contributed by atoms with Crippen molar-refractivity contribution in [2.45, 2.75) is 34.6 Å². The fraction of sp³-hybridized carbons (Fsp3) is 0.227. The molecule has 116 valence electrons. The van der Waals surface area contributed by atoms with E-state index in [-0.39, 0.29) is 0 Å². The van der Waals surface area contributed by atoms with E-state index < -0.39 is 0 Å². The van der Waals surface area contributed by atoms with Crippen molar-refractivity contribution in [3.8, 4) is 22.3 Å². The van der Waals surface area contributed by atoms with E-state index in [2.05, 4.69) is 83.1 Å². The predicted molar refractivity (Wildman–Crippen MR) is 98.8 cm³/mol. The molecule has 23 heavy (non-hydrogen) atoms. The van der Waals surface area contributed by atoms with Gasteiger partial charge in [-0.2, -0.15) is 0 Å². The molecule has 3 aromatic rings. The number of aromatic nitrogens is 1. The molecule has 0 atom stereocenters. The summed E-state index contributed by atoms with van der Waals surface area (Å²) in [5.74, 6) is 0. The summed E-state index contributed by atoms with van der Waals surface area (Å²) in [6.45, 7) is 10.8. The summed E-state index contributed by atoms with van der Waals surface area (Å²) in [6.07, 6.45) is 0. The Morgan fingerprint density at radius 1 is 0.565 bits per heavy atom. The molecule has 3 rings (SSSR count). The normalized spacial score (nSPS) is 10.8. The van der Waals surface area contributed by atoms with E-state index in [9.17, 15) is 0 Å². The number of pyridine rings is 1. The van der Waals surface area contributed by atoms with Crippen LogP contribution >= 0.6 is 0 Å². The van der Waals surface area contributed by atoms with E-state index in [1.807, 2.05) is 0 Å². The van der Waals surface area contributed by atoms with Crippen LogP contribution < -0.4 is 0 Å². The summed E-state index contributed by atoms with van der Waals surface area (Å²) in [5.41, 5.74) is 11.2. The number of hydrogen-bond acceptors (Lipinski definition) is 1. The summed E-state index contributed by atoms with van der Waals surface area (Å²) >= 11 is 0. The minimum absolute atomic E-state index is 1.10. The van der Waals surface area contributed by atoms with E-state index in [4.69, 9.17) is 4.98 Å². The Labute approximate surface area is 139 Å². The third-order valence-corrected chi connectivity index (χ3v) is 4.64. The topological polar surface area (TPSA) is 12.9 Å². The molecular weight excluding hydrogens is 278 g/mol. The van der Waals surface area contributed by atoms with Crippen LogP contribution in [0.5, 0.6) is 0 Å². The highest BCUT2D eigenvalue weighted by atomic mass is 14.7. The van der Waals surface area contributed by atoms with Crippen molar-refractivity contribution >= 4 is 0 Å². The predicted octanol–water partition coefficient (Wildman–Crippen LogP) is 5.96. The first-order valence-electron chi connectivity index (χ1n) is 8.10. The minimum atomic E-state index is 1.10. The lowest BCUT2D eigenvalue weighted by molar-refractivity contribution is 1.11. The molecule has 0 radical (unpaired) electrons. The quantitative estimate of drug-likeness (QED) is 0.569. The van der Waals surface area contributed by atoms with Crippen LogP contribution in [0.15, 0.2) is 48.5 Å². The molecule has 1 nitrogen and oxygen atoms in total. The smallest absolute Gasteiger partial charge is 0.0457 e. The number of rotatable bonds is 2. The maximum atomic E-state index is 4.87. The standard InChI is InChI=1S/C22H23N/c1-14-10-6-8-12-19(14)21-16(3)22(18(5)23-17(21)4)20-13-9-7-11-15(20)2/h6-13H,1-5H3. The molecule has 0 aliphatic rings. The van der Waals surface area contributed by atoms with Gasteiger partial charge < -0.3 is 0 Å². The molecule has 1 heteroatoms. The minimum Gasteiger partial charge on any atom is -0.257 e. The highest BCUT2D eigenvalue weighted by Gasteiger charge is 2.17. The molecule has 0 saturated heterocycles. The number of benzene rings is 2. The highest BCUT2D eigenvalue weighted by Crippen LogP contribution is 2.37. The number of nitrogens with zero attached hydrogens (tertiary/aromatic N) is 1. The van der Waals surface area contributed by atoms with Crippen molar-refractivity contribution < 1.29 is 0 Å². The second-order valence-corrected chi connectivity index (χ2v) is 6.29. The lowest BCUT2D eigenvalue weighted by Gasteiger charge is -2.19. The molecule has 1 aromatic heterocycles. The third kappa shape index (κ3) is 2.68. The molecule has 2 aromatic carbocycles. The zero-order chi connectivity index (χ0) is 16.6. The highest BCUT2D eigenvalue weighted by molar-refractivity contribution is 5.82. The lowest BCUT2D eigenvalue weighted by Crippen LogP contribution is -2.01. The van der Waals surface area contributed by atoms with Gasteiger partial charge in [-0.25, -0.2) is 0 Å². The molecule has 0 aliphatic heterocycles. The van der Waals surface area contributed by atoms with Crippen molar-refractivity contribution in [2.75, 3.05) is 0 Å². The Morgan fingerprint density at radius 3 is 1.35 bits per heavy atom. The van der Waals surface area contributed by atoms with Gasteiger partial charge in [-0.3, -0.25) is 4.98 Å². The number of hydrogen-bond donors (Lipinski definition) is 0. The first-order valence-corrected chi connectivity index (χ1v) is 8.10. The van der Waals surface area contributed by atoms with Crippen LogP contribution in [0.25, 0.3) is 22.3 Å². The van der Waals surface area contributed by atoms with Gasteiger partial charge in [0.25, 0.3) is 0 Å². The van der Waals surface area contributed by atoms with Crippen LogP contribution in [0.1, 0.15) is 28.1 Å². The molecule has 0 unspecified atom stereocenters. The maximum absolute atomic E-state index is 4.87. The van der Waals surface area contributed by atoms with Crippen molar-refractivity contribution in [3.63, 3.8) is 0 Å². The fourth-order valence-corrected chi connectivity index (χ4v) is 3.53. The van der Waals surface area contributed by atoms with Crippen LogP contribution in [-0.2, 0) is 0 Å². The fourth-order valence-electron chi connectivity index (χ4n) is 3.53. The second kappa shape index (κ2) is 6.00. The monoisotopic (exact) mass is 301 g/mol. The van der Waals surface area contributed by atoms with Gasteiger partial charge in [-0.05, 0) is 62.4 Å². The van der Waals surface area contributed by atoms with Gasteiger partial charge in [0, 0.05) is 22.5 Å². The molecule has 0 N–H and O–H groups in total. The average Bonchev–Trinajstić information content (AvgIpc) is 2.50. The van der Waals surface area contributed by atoms with Crippen LogP contribution in [0.2, 0.25) is 0 Å². The SMILES string of the molecule is Cc1ccccc1-c1c(C)nc(C)c(-c2ccccc2C)c1C. The Balaban J connectivity index is 2.35.